The van der Waals surface area contributed by atoms with Gasteiger partial charge in [0.1, 0.15) is 6.10 Å². The Hall–Kier alpha value is -1.80. The lowest BCUT2D eigenvalue weighted by Crippen LogP contribution is -2.32. The summed E-state index contributed by atoms with van der Waals surface area (Å²) in [5.74, 6) is 0.871. The van der Waals surface area contributed by atoms with Crippen LogP contribution in [-0.4, -0.2) is 42.6 Å². The molecule has 0 amide bonds. The van der Waals surface area contributed by atoms with Crippen LogP contribution >= 0.6 is 0 Å². The molecule has 0 aromatic carbocycles. The molecule has 0 aliphatic carbocycles. The molecule has 2 atom stereocenters. The Morgan fingerprint density at radius 1 is 1.45 bits per heavy atom. The van der Waals surface area contributed by atoms with Crippen LogP contribution in [0, 0.1) is 6.92 Å². The summed E-state index contributed by atoms with van der Waals surface area (Å²) in [6.45, 7) is 6.44. The van der Waals surface area contributed by atoms with Crippen molar-refractivity contribution >= 4 is 0 Å². The van der Waals surface area contributed by atoms with Crippen molar-refractivity contribution < 1.29 is 4.74 Å². The number of nitrogens with one attached hydrogen (secondary N) is 1. The highest BCUT2D eigenvalue weighted by Gasteiger charge is 2.31. The zero-order valence-corrected chi connectivity index (χ0v) is 13.4. The number of rotatable bonds is 6. The van der Waals surface area contributed by atoms with E-state index in [0.29, 0.717) is 6.54 Å². The van der Waals surface area contributed by atoms with Crippen LogP contribution in [0.3, 0.4) is 0 Å². The minimum absolute atomic E-state index is 0.0456. The first kappa shape index (κ1) is 15.1. The molecule has 1 saturated heterocycles. The highest BCUT2D eigenvalue weighted by molar-refractivity contribution is 5.21. The van der Waals surface area contributed by atoms with E-state index in [1.807, 2.05) is 22.6 Å². The van der Waals surface area contributed by atoms with Gasteiger partial charge >= 0.3 is 0 Å². The molecular formula is C14H23N7O. The Kier molecular flexibility index (Phi) is 4.49. The van der Waals surface area contributed by atoms with Gasteiger partial charge in [-0.15, -0.1) is 5.10 Å². The topological polar surface area (TPSA) is 82.7 Å². The summed E-state index contributed by atoms with van der Waals surface area (Å²) in [5.41, 5.74) is 2.31. The molecule has 3 heterocycles. The summed E-state index contributed by atoms with van der Waals surface area (Å²) >= 11 is 0. The largest absolute Gasteiger partial charge is 0.372 e. The summed E-state index contributed by atoms with van der Waals surface area (Å²) < 4.78 is 9.66. The summed E-state index contributed by atoms with van der Waals surface area (Å²) in [6.07, 6.45) is 3.95. The zero-order valence-electron chi connectivity index (χ0n) is 13.4. The molecule has 1 fully saturated rings. The van der Waals surface area contributed by atoms with Gasteiger partial charge in [0.2, 0.25) is 0 Å². The van der Waals surface area contributed by atoms with Gasteiger partial charge in [0.05, 0.1) is 12.7 Å². The molecular weight excluding hydrogens is 282 g/mol. The van der Waals surface area contributed by atoms with Gasteiger partial charge in [0.25, 0.3) is 0 Å². The van der Waals surface area contributed by atoms with Crippen LogP contribution in [0.15, 0.2) is 6.20 Å². The third-order valence-electron chi connectivity index (χ3n) is 4.24. The van der Waals surface area contributed by atoms with E-state index in [1.54, 1.807) is 0 Å². The van der Waals surface area contributed by atoms with E-state index in [1.165, 1.54) is 0 Å². The maximum atomic E-state index is 5.92. The standard InChI is InChI=1S/C14H23N7O/c1-4-6-21-13(17-18-19-21)9-15-12-5-7-22-14(12)11-8-16-20(3)10(11)2/h8,12,14-15H,4-7,9H2,1-3H3/t12-,14+/m0/s1. The Bertz CT molecular complexity index is 620. The molecule has 8 nitrogen and oxygen atoms in total. The minimum atomic E-state index is 0.0456. The van der Waals surface area contributed by atoms with Crippen molar-refractivity contribution in [2.24, 2.45) is 7.05 Å². The van der Waals surface area contributed by atoms with Gasteiger partial charge in [-0.05, 0) is 30.2 Å². The second kappa shape index (κ2) is 6.53. The first-order chi connectivity index (χ1) is 10.7. The lowest BCUT2D eigenvalue weighted by atomic mass is 10.0. The average Bonchev–Trinajstić information content (AvgIpc) is 3.20. The molecule has 2 aromatic rings. The van der Waals surface area contributed by atoms with Crippen LogP contribution in [0.2, 0.25) is 0 Å². The normalized spacial score (nSPS) is 21.6. The molecule has 120 valence electrons. The maximum absolute atomic E-state index is 5.92. The molecule has 0 unspecified atom stereocenters. The van der Waals surface area contributed by atoms with Crippen LogP contribution in [0.1, 0.15) is 43.0 Å². The first-order valence-electron chi connectivity index (χ1n) is 7.79. The zero-order chi connectivity index (χ0) is 15.5. The van der Waals surface area contributed by atoms with E-state index >= 15 is 0 Å². The highest BCUT2D eigenvalue weighted by Crippen LogP contribution is 2.31. The van der Waals surface area contributed by atoms with Crippen molar-refractivity contribution in [3.05, 3.63) is 23.3 Å². The lowest BCUT2D eigenvalue weighted by Gasteiger charge is -2.19. The van der Waals surface area contributed by atoms with E-state index < -0.39 is 0 Å². The maximum Gasteiger partial charge on any atom is 0.165 e. The monoisotopic (exact) mass is 305 g/mol. The quantitative estimate of drug-likeness (QED) is 0.848. The Morgan fingerprint density at radius 3 is 3.05 bits per heavy atom. The van der Waals surface area contributed by atoms with Crippen molar-refractivity contribution in [2.45, 2.75) is 51.9 Å². The fourth-order valence-electron chi connectivity index (χ4n) is 2.86. The van der Waals surface area contributed by atoms with Crippen LogP contribution in [0.4, 0.5) is 0 Å². The minimum Gasteiger partial charge on any atom is -0.372 e. The molecule has 8 heteroatoms. The SMILES string of the molecule is CCCn1nnnc1CN[C@H]1CCO[C@@H]1c1cnn(C)c1C. The summed E-state index contributed by atoms with van der Waals surface area (Å²) in [4.78, 5) is 0. The Balaban J connectivity index is 1.66. The van der Waals surface area contributed by atoms with E-state index in [-0.39, 0.29) is 12.1 Å². The number of tetrazole rings is 1. The molecule has 0 spiro atoms. The average molecular weight is 305 g/mol. The van der Waals surface area contributed by atoms with Crippen LogP contribution < -0.4 is 5.32 Å². The second-order valence-corrected chi connectivity index (χ2v) is 5.69. The van der Waals surface area contributed by atoms with Gasteiger partial charge in [-0.25, -0.2) is 4.68 Å². The third kappa shape index (κ3) is 2.89. The third-order valence-corrected chi connectivity index (χ3v) is 4.24. The Morgan fingerprint density at radius 2 is 2.32 bits per heavy atom. The van der Waals surface area contributed by atoms with Crippen LogP contribution in [0.5, 0.6) is 0 Å². The van der Waals surface area contributed by atoms with Gasteiger partial charge in [0, 0.05) is 37.5 Å². The second-order valence-electron chi connectivity index (χ2n) is 5.69. The molecule has 3 rings (SSSR count). The van der Waals surface area contributed by atoms with Crippen molar-refractivity contribution in [1.82, 2.24) is 35.3 Å². The number of hydrogen-bond acceptors (Lipinski definition) is 6. The smallest absolute Gasteiger partial charge is 0.165 e. The van der Waals surface area contributed by atoms with Gasteiger partial charge < -0.3 is 10.1 Å². The van der Waals surface area contributed by atoms with Gasteiger partial charge in [-0.3, -0.25) is 4.68 Å². The molecule has 2 aromatic heterocycles. The van der Waals surface area contributed by atoms with Gasteiger partial charge in [0.15, 0.2) is 5.82 Å². The molecule has 0 bridgehead atoms. The summed E-state index contributed by atoms with van der Waals surface area (Å²) in [6, 6.07) is 0.259. The van der Waals surface area contributed by atoms with E-state index in [4.69, 9.17) is 4.74 Å². The van der Waals surface area contributed by atoms with Crippen molar-refractivity contribution in [3.63, 3.8) is 0 Å². The molecule has 22 heavy (non-hydrogen) atoms. The number of aromatic nitrogens is 6. The summed E-state index contributed by atoms with van der Waals surface area (Å²) in [5, 5.41) is 19.7. The molecule has 0 saturated carbocycles. The summed E-state index contributed by atoms with van der Waals surface area (Å²) in [7, 11) is 1.95. The van der Waals surface area contributed by atoms with E-state index in [9.17, 15) is 0 Å². The van der Waals surface area contributed by atoms with E-state index in [0.717, 1.165) is 43.1 Å². The van der Waals surface area contributed by atoms with Gasteiger partial charge in [-0.2, -0.15) is 5.10 Å². The number of ether oxygens (including phenoxy) is 1. The fraction of sp³-hybridized carbons (Fsp3) is 0.714. The molecule has 1 aliphatic heterocycles. The number of hydrogen-bond donors (Lipinski definition) is 1. The predicted octanol–water partition coefficient (Wildman–Crippen LogP) is 0.745. The molecule has 0 radical (unpaired) electrons. The van der Waals surface area contributed by atoms with Gasteiger partial charge in [-0.1, -0.05) is 6.92 Å². The van der Waals surface area contributed by atoms with Crippen molar-refractivity contribution in [1.29, 1.82) is 0 Å². The number of nitrogens with zero attached hydrogens (tertiary/aromatic N) is 6. The first-order valence-corrected chi connectivity index (χ1v) is 7.79. The fourth-order valence-corrected chi connectivity index (χ4v) is 2.86. The van der Waals surface area contributed by atoms with Crippen molar-refractivity contribution in [2.75, 3.05) is 6.61 Å². The van der Waals surface area contributed by atoms with Crippen molar-refractivity contribution in [3.8, 4) is 0 Å². The lowest BCUT2D eigenvalue weighted by molar-refractivity contribution is 0.0977. The van der Waals surface area contributed by atoms with Crippen LogP contribution in [0.25, 0.3) is 0 Å². The molecule has 1 aliphatic rings. The van der Waals surface area contributed by atoms with E-state index in [2.05, 4.69) is 39.8 Å². The number of aryl methyl sites for hydroxylation is 2. The highest BCUT2D eigenvalue weighted by atomic mass is 16.5. The predicted molar refractivity (Wildman–Crippen MR) is 80.0 cm³/mol. The Labute approximate surface area is 129 Å². The van der Waals surface area contributed by atoms with Crippen LogP contribution in [-0.2, 0) is 24.9 Å². The molecule has 1 N–H and O–H groups in total.